The van der Waals surface area contributed by atoms with Crippen molar-refractivity contribution in [3.05, 3.63) is 11.6 Å². The van der Waals surface area contributed by atoms with Crippen molar-refractivity contribution in [2.75, 3.05) is 0 Å². The number of rotatable bonds is 6. The van der Waals surface area contributed by atoms with Crippen LogP contribution in [-0.2, 0) is 0 Å². The fourth-order valence-corrected chi connectivity index (χ4v) is 19.4. The number of allylic oxidation sites excluding steroid dienone is 2. The van der Waals surface area contributed by atoms with E-state index in [0.29, 0.717) is 15.8 Å². The maximum Gasteiger partial charge on any atom is -0.0204 e. The molecule has 0 atom stereocenters. The molecule has 6 saturated carbocycles. The van der Waals surface area contributed by atoms with E-state index in [9.17, 15) is 0 Å². The molecule has 6 aliphatic rings. The first-order valence-corrected chi connectivity index (χ1v) is 23.4. The summed E-state index contributed by atoms with van der Waals surface area (Å²) in [6.07, 6.45) is 49.3. The fourth-order valence-electron chi connectivity index (χ4n) is 10.1. The van der Waals surface area contributed by atoms with Gasteiger partial charge in [-0.3, -0.25) is 0 Å². The largest absolute Gasteiger partial charge is 0.0971 e. The minimum atomic E-state index is 0.385. The van der Waals surface area contributed by atoms with Crippen molar-refractivity contribution in [1.29, 1.82) is 0 Å². The molecular formula is C41H76P2. The lowest BCUT2D eigenvalue weighted by Crippen LogP contribution is -2.28. The Morgan fingerprint density at radius 3 is 0.581 bits per heavy atom. The summed E-state index contributed by atoms with van der Waals surface area (Å²) in [6.45, 7) is 6.20. The predicted molar refractivity (Wildman–Crippen MR) is 200 cm³/mol. The van der Waals surface area contributed by atoms with E-state index >= 15 is 0 Å². The van der Waals surface area contributed by atoms with E-state index in [2.05, 4.69) is 19.9 Å². The summed E-state index contributed by atoms with van der Waals surface area (Å²) in [5.74, 6) is 0. The van der Waals surface area contributed by atoms with Gasteiger partial charge in [0.1, 0.15) is 0 Å². The van der Waals surface area contributed by atoms with Crippen molar-refractivity contribution < 1.29 is 0 Å². The molecule has 0 spiro atoms. The highest BCUT2D eigenvalue weighted by Gasteiger charge is 2.37. The summed E-state index contributed by atoms with van der Waals surface area (Å²) in [6, 6.07) is 0. The van der Waals surface area contributed by atoms with E-state index in [1.807, 2.05) is 6.92 Å². The maximum atomic E-state index is 2.08. The third kappa shape index (κ3) is 12.6. The molecule has 0 amide bonds. The summed E-state index contributed by atoms with van der Waals surface area (Å²) in [7, 11) is 0.770. The van der Waals surface area contributed by atoms with Crippen molar-refractivity contribution in [2.45, 2.75) is 247 Å². The van der Waals surface area contributed by atoms with E-state index in [1.54, 1.807) is 154 Å². The van der Waals surface area contributed by atoms with Crippen LogP contribution in [0, 0.1) is 0 Å². The molecule has 0 bridgehead atoms. The normalized spacial score (nSPS) is 26.3. The lowest BCUT2D eigenvalue weighted by Gasteiger charge is -2.44. The van der Waals surface area contributed by atoms with Crippen molar-refractivity contribution in [1.82, 2.24) is 0 Å². The zero-order chi connectivity index (χ0) is 30.1. The van der Waals surface area contributed by atoms with E-state index < -0.39 is 0 Å². The van der Waals surface area contributed by atoms with Gasteiger partial charge in [0.25, 0.3) is 0 Å². The van der Waals surface area contributed by atoms with Gasteiger partial charge in [-0.25, -0.2) is 0 Å². The Kier molecular flexibility index (Phi) is 18.2. The number of hydrogen-bond donors (Lipinski definition) is 0. The standard InChI is InChI=1S/2C18H33P.C5H10/c2*1-4-10-16(11-5-1)19(17-12-6-2-7-13-17)18-14-8-3-9-15-18;1-4-5(2)3/h2*16-18H,1-15H2;4H,1-3H3. The Morgan fingerprint density at radius 1 is 0.326 bits per heavy atom. The fraction of sp³-hybridized carbons (Fsp3) is 0.951. The first-order chi connectivity index (χ1) is 21.2. The highest BCUT2D eigenvalue weighted by atomic mass is 31.1. The molecule has 0 aromatic heterocycles. The minimum absolute atomic E-state index is 0.385. The Morgan fingerprint density at radius 2 is 0.465 bits per heavy atom. The summed E-state index contributed by atoms with van der Waals surface area (Å²) in [5.41, 5.74) is 8.52. The monoisotopic (exact) mass is 631 g/mol. The summed E-state index contributed by atoms with van der Waals surface area (Å²) >= 11 is 0. The summed E-state index contributed by atoms with van der Waals surface area (Å²) in [5, 5.41) is 0. The molecule has 0 unspecified atom stereocenters. The lowest BCUT2D eigenvalue weighted by molar-refractivity contribution is 0.460. The molecule has 0 aromatic rings. The van der Waals surface area contributed by atoms with Gasteiger partial charge in [0.05, 0.1) is 0 Å². The van der Waals surface area contributed by atoms with E-state index in [-0.39, 0.29) is 0 Å². The summed E-state index contributed by atoms with van der Waals surface area (Å²) in [4.78, 5) is 0. The lowest BCUT2D eigenvalue weighted by atomic mass is 9.99. The van der Waals surface area contributed by atoms with E-state index in [0.717, 1.165) is 0 Å². The first-order valence-electron chi connectivity index (χ1n) is 20.3. The van der Waals surface area contributed by atoms with E-state index in [1.165, 1.54) is 78.1 Å². The molecule has 0 nitrogen and oxygen atoms in total. The molecule has 0 N–H and O–H groups in total. The van der Waals surface area contributed by atoms with Gasteiger partial charge in [-0.1, -0.05) is 143 Å². The van der Waals surface area contributed by atoms with Crippen molar-refractivity contribution in [2.24, 2.45) is 0 Å². The summed E-state index contributed by atoms with van der Waals surface area (Å²) < 4.78 is 0. The van der Waals surface area contributed by atoms with Gasteiger partial charge in [0, 0.05) is 0 Å². The second kappa shape index (κ2) is 21.5. The molecule has 0 radical (unpaired) electrons. The average molecular weight is 631 g/mol. The van der Waals surface area contributed by atoms with Crippen LogP contribution in [0.25, 0.3) is 0 Å². The molecule has 6 aliphatic carbocycles. The van der Waals surface area contributed by atoms with Gasteiger partial charge >= 0.3 is 0 Å². The molecule has 0 heterocycles. The molecule has 0 aromatic carbocycles. The van der Waals surface area contributed by atoms with Gasteiger partial charge in [0.15, 0.2) is 0 Å². The SMILES string of the molecule is C1CCC(P(C2CCCCC2)C2CCCCC2)CC1.C1CCC(P(C2CCCCC2)C2CCCCC2)CC1.CC=C(C)C. The second-order valence-electron chi connectivity index (χ2n) is 16.0. The maximum absolute atomic E-state index is 2.08. The molecule has 6 fully saturated rings. The van der Waals surface area contributed by atoms with Crippen molar-refractivity contribution in [3.63, 3.8) is 0 Å². The minimum Gasteiger partial charge on any atom is -0.0971 e. The Hall–Kier alpha value is 0.600. The molecule has 250 valence electrons. The highest BCUT2D eigenvalue weighted by Crippen LogP contribution is 2.63. The van der Waals surface area contributed by atoms with Gasteiger partial charge < -0.3 is 0 Å². The van der Waals surface area contributed by atoms with Crippen LogP contribution >= 0.6 is 15.8 Å². The zero-order valence-electron chi connectivity index (χ0n) is 29.6. The van der Waals surface area contributed by atoms with Crippen LogP contribution < -0.4 is 0 Å². The van der Waals surface area contributed by atoms with Crippen molar-refractivity contribution in [3.8, 4) is 0 Å². The second-order valence-corrected chi connectivity index (χ2v) is 22.2. The van der Waals surface area contributed by atoms with E-state index in [4.69, 9.17) is 0 Å². The first kappa shape index (κ1) is 36.4. The van der Waals surface area contributed by atoms with Crippen LogP contribution in [-0.4, -0.2) is 34.0 Å². The van der Waals surface area contributed by atoms with Gasteiger partial charge in [-0.05, 0) is 132 Å². The average Bonchev–Trinajstić information content (AvgIpc) is 3.09. The topological polar surface area (TPSA) is 0 Å². The molecule has 6 rings (SSSR count). The van der Waals surface area contributed by atoms with Crippen LogP contribution in [0.2, 0.25) is 0 Å². The highest BCUT2D eigenvalue weighted by molar-refractivity contribution is 7.60. The quantitative estimate of drug-likeness (QED) is 0.202. The zero-order valence-corrected chi connectivity index (χ0v) is 31.4. The van der Waals surface area contributed by atoms with Gasteiger partial charge in [-0.15, -0.1) is 0 Å². The van der Waals surface area contributed by atoms with Crippen molar-refractivity contribution >= 4 is 15.8 Å². The molecule has 0 saturated heterocycles. The van der Waals surface area contributed by atoms with Gasteiger partial charge in [-0.2, -0.15) is 0 Å². The van der Waals surface area contributed by atoms with Crippen LogP contribution in [0.5, 0.6) is 0 Å². The third-order valence-corrected chi connectivity index (χ3v) is 20.7. The van der Waals surface area contributed by atoms with Crippen LogP contribution in [0.15, 0.2) is 11.6 Å². The van der Waals surface area contributed by atoms with Crippen LogP contribution in [0.3, 0.4) is 0 Å². The molecule has 43 heavy (non-hydrogen) atoms. The van der Waals surface area contributed by atoms with Crippen LogP contribution in [0.4, 0.5) is 0 Å². The Balaban J connectivity index is 0.000000171. The number of hydrogen-bond acceptors (Lipinski definition) is 0. The predicted octanol–water partition coefficient (Wildman–Crippen LogP) is 14.9. The third-order valence-electron chi connectivity index (χ3n) is 12.6. The molecule has 2 heteroatoms. The molecule has 0 aliphatic heterocycles. The Bertz CT molecular complexity index is 564. The van der Waals surface area contributed by atoms with Gasteiger partial charge in [0.2, 0.25) is 0 Å². The van der Waals surface area contributed by atoms with Crippen LogP contribution in [0.1, 0.15) is 213 Å². The smallest absolute Gasteiger partial charge is 0.0204 e. The Labute approximate surface area is 274 Å². The molecular weight excluding hydrogens is 554 g/mol.